The number of epoxide rings is 1. The number of hydrogen-bond donors (Lipinski definition) is 1. The van der Waals surface area contributed by atoms with Gasteiger partial charge in [-0.15, -0.1) is 0 Å². The van der Waals surface area contributed by atoms with Crippen LogP contribution < -0.4 is 4.74 Å². The van der Waals surface area contributed by atoms with Crippen LogP contribution in [0.15, 0.2) is 24.3 Å². The summed E-state index contributed by atoms with van der Waals surface area (Å²) in [4.78, 5) is 0. The van der Waals surface area contributed by atoms with Crippen LogP contribution in [0.25, 0.3) is 0 Å². The van der Waals surface area contributed by atoms with Gasteiger partial charge in [-0.1, -0.05) is 12.1 Å². The van der Waals surface area contributed by atoms with Crippen molar-refractivity contribution in [1.82, 2.24) is 0 Å². The van der Waals surface area contributed by atoms with Gasteiger partial charge in [-0.25, -0.2) is 0 Å². The summed E-state index contributed by atoms with van der Waals surface area (Å²) in [6.07, 6.45) is 0.0734. The summed E-state index contributed by atoms with van der Waals surface area (Å²) >= 11 is 0. The Morgan fingerprint density at radius 3 is 2.54 bits per heavy atom. The van der Waals surface area contributed by atoms with E-state index in [-0.39, 0.29) is 18.8 Å². The van der Waals surface area contributed by atoms with Crippen molar-refractivity contribution in [3.63, 3.8) is 0 Å². The second-order valence-electron chi connectivity index (χ2n) is 3.05. The topological polar surface area (TPSA) is 42.0 Å². The molecule has 0 spiro atoms. The molecule has 0 bridgehead atoms. The summed E-state index contributed by atoms with van der Waals surface area (Å²) in [6.45, 7) is 0.0939. The van der Waals surface area contributed by atoms with Crippen molar-refractivity contribution < 1.29 is 14.6 Å². The molecule has 70 valence electrons. The molecule has 1 aromatic carbocycles. The number of hydrogen-bond acceptors (Lipinski definition) is 3. The maximum atomic E-state index is 8.79. The highest BCUT2D eigenvalue weighted by atomic mass is 16.6. The zero-order chi connectivity index (χ0) is 9.26. The molecular formula is C10H12O3. The van der Waals surface area contributed by atoms with E-state index >= 15 is 0 Å². The van der Waals surface area contributed by atoms with E-state index in [0.29, 0.717) is 0 Å². The van der Waals surface area contributed by atoms with Gasteiger partial charge in [0.25, 0.3) is 0 Å². The molecular weight excluding hydrogens is 168 g/mol. The number of aliphatic hydroxyl groups is 1. The predicted molar refractivity (Wildman–Crippen MR) is 47.7 cm³/mol. The molecule has 2 rings (SSSR count). The van der Waals surface area contributed by atoms with Gasteiger partial charge >= 0.3 is 0 Å². The number of rotatable bonds is 3. The number of ether oxygens (including phenoxy) is 2. The second kappa shape index (κ2) is 3.36. The van der Waals surface area contributed by atoms with E-state index in [1.165, 1.54) is 0 Å². The Bertz CT molecular complexity index is 281. The minimum Gasteiger partial charge on any atom is -0.497 e. The van der Waals surface area contributed by atoms with Crippen molar-refractivity contribution in [2.45, 2.75) is 12.2 Å². The quantitative estimate of drug-likeness (QED) is 0.709. The van der Waals surface area contributed by atoms with Crippen LogP contribution >= 0.6 is 0 Å². The van der Waals surface area contributed by atoms with E-state index < -0.39 is 0 Å². The fourth-order valence-electron chi connectivity index (χ4n) is 1.37. The molecule has 1 aliphatic heterocycles. The summed E-state index contributed by atoms with van der Waals surface area (Å²) in [6, 6.07) is 7.70. The molecule has 1 fully saturated rings. The molecule has 0 aliphatic carbocycles. The molecule has 1 N–H and O–H groups in total. The van der Waals surface area contributed by atoms with Crippen molar-refractivity contribution >= 4 is 0 Å². The predicted octanol–water partition coefficient (Wildman–Crippen LogP) is 1.13. The van der Waals surface area contributed by atoms with E-state index in [9.17, 15) is 0 Å². The summed E-state index contributed by atoms with van der Waals surface area (Å²) in [7, 11) is 1.64. The maximum Gasteiger partial charge on any atom is 0.118 e. The third-order valence-electron chi connectivity index (χ3n) is 2.21. The van der Waals surface area contributed by atoms with Crippen LogP contribution in [-0.2, 0) is 4.74 Å². The van der Waals surface area contributed by atoms with Crippen LogP contribution in [-0.4, -0.2) is 24.9 Å². The highest BCUT2D eigenvalue weighted by Gasteiger charge is 2.39. The van der Waals surface area contributed by atoms with E-state index in [0.717, 1.165) is 11.3 Å². The van der Waals surface area contributed by atoms with Crippen LogP contribution in [0.2, 0.25) is 0 Å². The van der Waals surface area contributed by atoms with Gasteiger partial charge in [0.2, 0.25) is 0 Å². The molecule has 0 radical (unpaired) electrons. The largest absolute Gasteiger partial charge is 0.497 e. The first-order valence-electron chi connectivity index (χ1n) is 4.25. The van der Waals surface area contributed by atoms with Crippen LogP contribution in [0.1, 0.15) is 11.7 Å². The van der Waals surface area contributed by atoms with Gasteiger partial charge in [-0.2, -0.15) is 0 Å². The molecule has 1 aliphatic rings. The molecule has 2 atom stereocenters. The molecule has 1 heterocycles. The molecule has 3 heteroatoms. The summed E-state index contributed by atoms with van der Waals surface area (Å²) in [5.74, 6) is 0.838. The Morgan fingerprint density at radius 2 is 2.08 bits per heavy atom. The average Bonchev–Trinajstić information content (AvgIpc) is 2.97. The fraction of sp³-hybridized carbons (Fsp3) is 0.400. The first kappa shape index (κ1) is 8.53. The van der Waals surface area contributed by atoms with E-state index in [4.69, 9.17) is 14.6 Å². The fourth-order valence-corrected chi connectivity index (χ4v) is 1.37. The van der Waals surface area contributed by atoms with Crippen molar-refractivity contribution in [3.8, 4) is 5.75 Å². The van der Waals surface area contributed by atoms with Gasteiger partial charge in [0, 0.05) is 0 Å². The normalized spacial score (nSPS) is 25.7. The number of aliphatic hydroxyl groups excluding tert-OH is 1. The third kappa shape index (κ3) is 1.66. The lowest BCUT2D eigenvalue weighted by Gasteiger charge is -1.99. The Morgan fingerprint density at radius 1 is 1.38 bits per heavy atom. The molecule has 0 aromatic heterocycles. The lowest BCUT2D eigenvalue weighted by Crippen LogP contribution is -1.94. The molecule has 3 nitrogen and oxygen atoms in total. The van der Waals surface area contributed by atoms with E-state index in [2.05, 4.69) is 0 Å². The zero-order valence-corrected chi connectivity index (χ0v) is 7.43. The van der Waals surface area contributed by atoms with E-state index in [1.54, 1.807) is 7.11 Å². The lowest BCUT2D eigenvalue weighted by molar-refractivity contribution is 0.242. The summed E-state index contributed by atoms with van der Waals surface area (Å²) in [5.41, 5.74) is 1.10. The molecule has 0 unspecified atom stereocenters. The minimum absolute atomic E-state index is 0.00612. The summed E-state index contributed by atoms with van der Waals surface area (Å²) in [5, 5.41) is 8.79. The van der Waals surface area contributed by atoms with Crippen LogP contribution in [0, 0.1) is 0 Å². The van der Waals surface area contributed by atoms with Gasteiger partial charge in [0.15, 0.2) is 0 Å². The third-order valence-corrected chi connectivity index (χ3v) is 2.21. The van der Waals surface area contributed by atoms with Crippen LogP contribution in [0.4, 0.5) is 0 Å². The smallest absolute Gasteiger partial charge is 0.118 e. The first-order chi connectivity index (χ1) is 6.35. The first-order valence-corrected chi connectivity index (χ1v) is 4.25. The highest BCUT2D eigenvalue weighted by Crippen LogP contribution is 2.38. The van der Waals surface area contributed by atoms with Gasteiger partial charge in [-0.05, 0) is 17.7 Å². The SMILES string of the molecule is COc1ccc([C@@H]2O[C@@H]2CO)cc1. The number of benzene rings is 1. The minimum atomic E-state index is -0.00612. The molecule has 0 saturated carbocycles. The average molecular weight is 180 g/mol. The monoisotopic (exact) mass is 180 g/mol. The molecule has 13 heavy (non-hydrogen) atoms. The number of methoxy groups -OCH3 is 1. The van der Waals surface area contributed by atoms with Gasteiger partial charge < -0.3 is 14.6 Å². The van der Waals surface area contributed by atoms with Gasteiger partial charge in [0.05, 0.1) is 13.7 Å². The Kier molecular flexibility index (Phi) is 2.20. The Labute approximate surface area is 76.9 Å². The van der Waals surface area contributed by atoms with Crippen molar-refractivity contribution in [3.05, 3.63) is 29.8 Å². The van der Waals surface area contributed by atoms with Crippen molar-refractivity contribution in [1.29, 1.82) is 0 Å². The molecule has 1 saturated heterocycles. The lowest BCUT2D eigenvalue weighted by atomic mass is 10.1. The van der Waals surface area contributed by atoms with E-state index in [1.807, 2.05) is 24.3 Å². The zero-order valence-electron chi connectivity index (χ0n) is 7.43. The van der Waals surface area contributed by atoms with Crippen molar-refractivity contribution in [2.24, 2.45) is 0 Å². The van der Waals surface area contributed by atoms with Crippen molar-refractivity contribution in [2.75, 3.05) is 13.7 Å². The van der Waals surface area contributed by atoms with Crippen LogP contribution in [0.5, 0.6) is 5.75 Å². The summed E-state index contributed by atoms with van der Waals surface area (Å²) < 4.78 is 10.3. The second-order valence-corrected chi connectivity index (χ2v) is 3.05. The molecule has 1 aromatic rings. The Hall–Kier alpha value is -1.06. The Balaban J connectivity index is 2.07. The molecule has 0 amide bonds. The highest BCUT2D eigenvalue weighted by molar-refractivity contribution is 5.30. The maximum absolute atomic E-state index is 8.79. The van der Waals surface area contributed by atoms with Gasteiger partial charge in [-0.3, -0.25) is 0 Å². The standard InChI is InChI=1S/C10H12O3/c1-12-8-4-2-7(3-5-8)10-9(6-11)13-10/h2-5,9-11H,6H2,1H3/t9-,10+/m1/s1. The van der Waals surface area contributed by atoms with Gasteiger partial charge in [0.1, 0.15) is 18.0 Å². The van der Waals surface area contributed by atoms with Crippen LogP contribution in [0.3, 0.4) is 0 Å².